The van der Waals surface area contributed by atoms with Crippen molar-refractivity contribution in [3.63, 3.8) is 0 Å². The second kappa shape index (κ2) is 8.04. The first-order valence-corrected chi connectivity index (χ1v) is 8.94. The molecule has 138 valence electrons. The lowest BCUT2D eigenvalue weighted by molar-refractivity contribution is 0.0621. The Bertz CT molecular complexity index is 893. The Hall–Kier alpha value is -3.14. The van der Waals surface area contributed by atoms with Gasteiger partial charge in [0.05, 0.1) is 5.54 Å². The molecular weight excluding hydrogens is 336 g/mol. The van der Waals surface area contributed by atoms with E-state index in [4.69, 9.17) is 4.74 Å². The molecule has 4 heteroatoms. The molecule has 0 aliphatic carbocycles. The van der Waals surface area contributed by atoms with Gasteiger partial charge in [0.25, 0.3) is 5.91 Å². The lowest BCUT2D eigenvalue weighted by atomic mass is 9.92. The van der Waals surface area contributed by atoms with Crippen LogP contribution in [0.5, 0.6) is 5.75 Å². The molecule has 0 aliphatic rings. The molecule has 0 aliphatic heterocycles. The Morgan fingerprint density at radius 2 is 1.81 bits per heavy atom. The average molecular weight is 360 g/mol. The number of amides is 1. The fraction of sp³-hybridized carbons (Fsp3) is 0.217. The molecule has 0 saturated carbocycles. The number of carbonyl (C=O) groups is 1. The van der Waals surface area contributed by atoms with Gasteiger partial charge in [-0.05, 0) is 43.7 Å². The van der Waals surface area contributed by atoms with Crippen molar-refractivity contribution >= 4 is 5.91 Å². The van der Waals surface area contributed by atoms with Crippen molar-refractivity contribution in [2.45, 2.75) is 26.0 Å². The van der Waals surface area contributed by atoms with Crippen LogP contribution in [0.3, 0.4) is 0 Å². The largest absolute Gasteiger partial charge is 0.489 e. The molecule has 2 aromatic carbocycles. The van der Waals surface area contributed by atoms with Crippen LogP contribution in [0.2, 0.25) is 0 Å². The molecule has 27 heavy (non-hydrogen) atoms. The van der Waals surface area contributed by atoms with Gasteiger partial charge in [0.15, 0.2) is 0 Å². The summed E-state index contributed by atoms with van der Waals surface area (Å²) in [6.07, 6.45) is 3.50. The van der Waals surface area contributed by atoms with Crippen LogP contribution in [0.15, 0.2) is 79.1 Å². The third-order valence-electron chi connectivity index (χ3n) is 4.83. The zero-order valence-electron chi connectivity index (χ0n) is 15.9. The maximum Gasteiger partial charge on any atom is 0.254 e. The minimum absolute atomic E-state index is 0.0457. The first-order valence-electron chi connectivity index (χ1n) is 8.94. The van der Waals surface area contributed by atoms with Crippen molar-refractivity contribution < 1.29 is 9.53 Å². The monoisotopic (exact) mass is 360 g/mol. The molecule has 0 fully saturated rings. The van der Waals surface area contributed by atoms with E-state index in [1.54, 1.807) is 23.4 Å². The number of rotatable bonds is 6. The molecule has 1 amide bonds. The first kappa shape index (κ1) is 18.6. The van der Waals surface area contributed by atoms with Gasteiger partial charge in [-0.25, -0.2) is 0 Å². The van der Waals surface area contributed by atoms with Crippen molar-refractivity contribution in [2.24, 2.45) is 0 Å². The summed E-state index contributed by atoms with van der Waals surface area (Å²) in [6.45, 7) is 4.50. The number of benzene rings is 2. The molecule has 0 bridgehead atoms. The lowest BCUT2D eigenvalue weighted by Gasteiger charge is -2.36. The second-order valence-electron chi connectivity index (χ2n) is 6.97. The molecule has 1 aromatic heterocycles. The predicted octanol–water partition coefficient (Wildman–Crippen LogP) is 4.67. The van der Waals surface area contributed by atoms with Crippen molar-refractivity contribution in [3.05, 3.63) is 95.8 Å². The molecule has 0 spiro atoms. The molecule has 1 heterocycles. The third kappa shape index (κ3) is 4.34. The molecule has 0 saturated heterocycles. The van der Waals surface area contributed by atoms with E-state index in [2.05, 4.69) is 4.98 Å². The van der Waals surface area contributed by atoms with Gasteiger partial charge in [0, 0.05) is 30.6 Å². The standard InChI is InChI=1S/C23H24N2O2/c1-23(2,20-11-5-4-6-12-20)25(3)22(26)19-10-7-13-21(15-19)27-17-18-9-8-14-24-16-18/h4-16H,17H2,1-3H3. The Kier molecular flexibility index (Phi) is 5.55. The highest BCUT2D eigenvalue weighted by molar-refractivity contribution is 5.95. The van der Waals surface area contributed by atoms with Gasteiger partial charge in [-0.3, -0.25) is 9.78 Å². The summed E-state index contributed by atoms with van der Waals surface area (Å²) in [5.74, 6) is 0.617. The molecule has 0 unspecified atom stereocenters. The number of pyridine rings is 1. The molecule has 0 N–H and O–H groups in total. The Morgan fingerprint density at radius 1 is 1.04 bits per heavy atom. The number of nitrogens with zero attached hydrogens (tertiary/aromatic N) is 2. The van der Waals surface area contributed by atoms with Crippen LogP contribution in [0.1, 0.15) is 35.3 Å². The van der Waals surface area contributed by atoms with Crippen molar-refractivity contribution in [2.75, 3.05) is 7.05 Å². The second-order valence-corrected chi connectivity index (χ2v) is 6.97. The fourth-order valence-electron chi connectivity index (χ4n) is 2.86. The van der Waals surface area contributed by atoms with Gasteiger partial charge in [0.2, 0.25) is 0 Å². The highest BCUT2D eigenvalue weighted by atomic mass is 16.5. The fourth-order valence-corrected chi connectivity index (χ4v) is 2.86. The molecular formula is C23H24N2O2. The van der Waals surface area contributed by atoms with Crippen molar-refractivity contribution in [3.8, 4) is 5.75 Å². The highest BCUT2D eigenvalue weighted by Gasteiger charge is 2.30. The SMILES string of the molecule is CN(C(=O)c1cccc(OCc2cccnc2)c1)C(C)(C)c1ccccc1. The van der Waals surface area contributed by atoms with Gasteiger partial charge >= 0.3 is 0 Å². The van der Waals surface area contributed by atoms with Crippen LogP contribution in [0, 0.1) is 0 Å². The number of hydrogen-bond acceptors (Lipinski definition) is 3. The van der Waals surface area contributed by atoms with Crippen molar-refractivity contribution in [1.29, 1.82) is 0 Å². The van der Waals surface area contributed by atoms with Crippen LogP contribution in [-0.2, 0) is 12.1 Å². The maximum absolute atomic E-state index is 13.1. The van der Waals surface area contributed by atoms with Crippen LogP contribution >= 0.6 is 0 Å². The summed E-state index contributed by atoms with van der Waals surface area (Å²) >= 11 is 0. The van der Waals surface area contributed by atoms with Gasteiger partial charge in [-0.2, -0.15) is 0 Å². The van der Waals surface area contributed by atoms with E-state index in [-0.39, 0.29) is 5.91 Å². The molecule has 3 aromatic rings. The number of hydrogen-bond donors (Lipinski definition) is 0. The Labute approximate surface area is 160 Å². The summed E-state index contributed by atoms with van der Waals surface area (Å²) in [5.41, 5.74) is 2.25. The minimum Gasteiger partial charge on any atom is -0.489 e. The molecule has 0 atom stereocenters. The topological polar surface area (TPSA) is 42.4 Å². The van der Waals surface area contributed by atoms with E-state index >= 15 is 0 Å². The van der Waals surface area contributed by atoms with Gasteiger partial charge in [0.1, 0.15) is 12.4 Å². The van der Waals surface area contributed by atoms with E-state index < -0.39 is 5.54 Å². The normalized spacial score (nSPS) is 11.1. The van der Waals surface area contributed by atoms with E-state index in [1.807, 2.05) is 81.6 Å². The Balaban J connectivity index is 1.74. The van der Waals surface area contributed by atoms with E-state index in [9.17, 15) is 4.79 Å². The molecule has 4 nitrogen and oxygen atoms in total. The smallest absolute Gasteiger partial charge is 0.254 e. The molecule has 0 radical (unpaired) electrons. The van der Waals surface area contributed by atoms with Gasteiger partial charge in [-0.15, -0.1) is 0 Å². The van der Waals surface area contributed by atoms with E-state index in [0.717, 1.165) is 11.1 Å². The Morgan fingerprint density at radius 3 is 2.52 bits per heavy atom. The summed E-state index contributed by atoms with van der Waals surface area (Å²) in [7, 11) is 1.83. The highest BCUT2D eigenvalue weighted by Crippen LogP contribution is 2.28. The minimum atomic E-state index is -0.426. The first-order chi connectivity index (χ1) is 13.0. The van der Waals surface area contributed by atoms with Crippen molar-refractivity contribution in [1.82, 2.24) is 9.88 Å². The number of carbonyl (C=O) groups excluding carboxylic acids is 1. The van der Waals surface area contributed by atoms with Gasteiger partial charge in [-0.1, -0.05) is 42.5 Å². The zero-order chi connectivity index (χ0) is 19.3. The average Bonchev–Trinajstić information content (AvgIpc) is 2.72. The third-order valence-corrected chi connectivity index (χ3v) is 4.83. The summed E-state index contributed by atoms with van der Waals surface area (Å²) in [4.78, 5) is 18.9. The van der Waals surface area contributed by atoms with Crippen LogP contribution in [0.25, 0.3) is 0 Å². The predicted molar refractivity (Wildman–Crippen MR) is 107 cm³/mol. The van der Waals surface area contributed by atoms with E-state index in [0.29, 0.717) is 17.9 Å². The molecule has 3 rings (SSSR count). The summed E-state index contributed by atoms with van der Waals surface area (Å²) < 4.78 is 5.82. The van der Waals surface area contributed by atoms with E-state index in [1.165, 1.54) is 0 Å². The zero-order valence-corrected chi connectivity index (χ0v) is 15.9. The number of ether oxygens (including phenoxy) is 1. The van der Waals surface area contributed by atoms with Crippen LogP contribution < -0.4 is 4.74 Å². The van der Waals surface area contributed by atoms with Crippen LogP contribution in [0.4, 0.5) is 0 Å². The quantitative estimate of drug-likeness (QED) is 0.642. The van der Waals surface area contributed by atoms with Gasteiger partial charge < -0.3 is 9.64 Å². The lowest BCUT2D eigenvalue weighted by Crippen LogP contribution is -2.42. The number of aromatic nitrogens is 1. The summed E-state index contributed by atoms with van der Waals surface area (Å²) in [5, 5.41) is 0. The maximum atomic E-state index is 13.1. The van der Waals surface area contributed by atoms with Crippen LogP contribution in [-0.4, -0.2) is 22.8 Å². The summed E-state index contributed by atoms with van der Waals surface area (Å²) in [6, 6.07) is 21.2.